The number of nitrogens with one attached hydrogen (secondary N) is 1. The highest BCUT2D eigenvalue weighted by molar-refractivity contribution is 6.11. The summed E-state index contributed by atoms with van der Waals surface area (Å²) in [5, 5.41) is 23.2. The summed E-state index contributed by atoms with van der Waals surface area (Å²) < 4.78 is 5.12. The van der Waals surface area contributed by atoms with Gasteiger partial charge in [0.25, 0.3) is 0 Å². The van der Waals surface area contributed by atoms with Crippen molar-refractivity contribution >= 4 is 28.5 Å². The number of hydrogen-bond acceptors (Lipinski definition) is 6. The second-order valence-corrected chi connectivity index (χ2v) is 6.55. The lowest BCUT2D eigenvalue weighted by molar-refractivity contribution is -0.159. The summed E-state index contributed by atoms with van der Waals surface area (Å²) in [6.45, 7) is 0. The standard InChI is InChI=1S/C18H21N3O5/c1-26-14-6-5-10-3-2-4-12(15(10)21-14)20-16(23)18(17(24)25)8-7-11(19)13(22)9-18/h2-6,11,13,22H,7-9,19H2,1H3,(H,20,23)(H,24,25)/t11-,13-,18-/m1/s1. The van der Waals surface area contributed by atoms with Gasteiger partial charge < -0.3 is 26.0 Å². The minimum absolute atomic E-state index is 0.0634. The molecule has 0 aliphatic heterocycles. The predicted molar refractivity (Wildman–Crippen MR) is 94.8 cm³/mol. The first-order valence-electron chi connectivity index (χ1n) is 8.29. The number of nitrogens with zero attached hydrogens (tertiary/aromatic N) is 1. The third-order valence-electron chi connectivity index (χ3n) is 4.95. The van der Waals surface area contributed by atoms with Crippen LogP contribution >= 0.6 is 0 Å². The van der Waals surface area contributed by atoms with E-state index in [1.54, 1.807) is 24.3 Å². The van der Waals surface area contributed by atoms with Crippen LogP contribution in [0.3, 0.4) is 0 Å². The number of carbonyl (C=O) groups excluding carboxylic acids is 1. The van der Waals surface area contributed by atoms with Gasteiger partial charge in [0.05, 0.1) is 24.4 Å². The molecule has 1 saturated carbocycles. The molecule has 0 unspecified atom stereocenters. The van der Waals surface area contributed by atoms with Crippen molar-refractivity contribution in [1.82, 2.24) is 4.98 Å². The molecule has 138 valence electrons. The number of pyridine rings is 1. The molecular formula is C18H21N3O5. The summed E-state index contributed by atoms with van der Waals surface area (Å²) in [5.74, 6) is -1.58. The maximum absolute atomic E-state index is 12.9. The number of para-hydroxylation sites is 1. The Labute approximate surface area is 150 Å². The zero-order chi connectivity index (χ0) is 18.9. The van der Waals surface area contributed by atoms with Crippen molar-refractivity contribution in [2.24, 2.45) is 11.1 Å². The van der Waals surface area contributed by atoms with Gasteiger partial charge in [-0.25, -0.2) is 4.98 Å². The molecule has 26 heavy (non-hydrogen) atoms. The number of aliphatic hydroxyl groups excluding tert-OH is 1. The van der Waals surface area contributed by atoms with Crippen LogP contribution in [-0.2, 0) is 9.59 Å². The lowest BCUT2D eigenvalue weighted by Gasteiger charge is -2.37. The number of carboxylic acids is 1. The molecule has 1 fully saturated rings. The number of nitrogens with two attached hydrogens (primary N) is 1. The highest BCUT2D eigenvalue weighted by Gasteiger charge is 2.51. The van der Waals surface area contributed by atoms with Gasteiger partial charge >= 0.3 is 5.97 Å². The molecule has 8 nitrogen and oxygen atoms in total. The molecule has 1 aliphatic carbocycles. The van der Waals surface area contributed by atoms with E-state index in [-0.39, 0.29) is 19.3 Å². The minimum atomic E-state index is -1.73. The number of amides is 1. The van der Waals surface area contributed by atoms with E-state index >= 15 is 0 Å². The molecule has 1 aromatic heterocycles. The number of ether oxygens (including phenoxy) is 1. The largest absolute Gasteiger partial charge is 0.481 e. The number of hydrogen-bond donors (Lipinski definition) is 4. The van der Waals surface area contributed by atoms with Crippen molar-refractivity contribution in [3.63, 3.8) is 0 Å². The number of aromatic nitrogens is 1. The Kier molecular flexibility index (Phi) is 4.80. The van der Waals surface area contributed by atoms with Crippen LogP contribution in [0.25, 0.3) is 10.9 Å². The van der Waals surface area contributed by atoms with Gasteiger partial charge in [0.2, 0.25) is 11.8 Å². The van der Waals surface area contributed by atoms with Crippen LogP contribution in [-0.4, -0.2) is 46.3 Å². The van der Waals surface area contributed by atoms with Crippen molar-refractivity contribution in [3.05, 3.63) is 30.3 Å². The fourth-order valence-electron chi connectivity index (χ4n) is 3.30. The topological polar surface area (TPSA) is 135 Å². The van der Waals surface area contributed by atoms with E-state index in [9.17, 15) is 19.8 Å². The second-order valence-electron chi connectivity index (χ2n) is 6.55. The average Bonchev–Trinajstić information content (AvgIpc) is 2.63. The number of benzene rings is 1. The molecular weight excluding hydrogens is 338 g/mol. The monoisotopic (exact) mass is 359 g/mol. The summed E-state index contributed by atoms with van der Waals surface area (Å²) >= 11 is 0. The van der Waals surface area contributed by atoms with Gasteiger partial charge in [0.15, 0.2) is 0 Å². The Hall–Kier alpha value is -2.71. The van der Waals surface area contributed by atoms with Gasteiger partial charge in [-0.05, 0) is 31.4 Å². The third kappa shape index (κ3) is 3.09. The lowest BCUT2D eigenvalue weighted by atomic mass is 9.70. The number of methoxy groups -OCH3 is 1. The van der Waals surface area contributed by atoms with Crippen molar-refractivity contribution in [1.29, 1.82) is 0 Å². The first-order valence-corrected chi connectivity index (χ1v) is 8.29. The number of anilines is 1. The average molecular weight is 359 g/mol. The molecule has 3 atom stereocenters. The quantitative estimate of drug-likeness (QED) is 0.601. The molecule has 1 aromatic carbocycles. The van der Waals surface area contributed by atoms with Crippen LogP contribution in [0.1, 0.15) is 19.3 Å². The van der Waals surface area contributed by atoms with E-state index < -0.39 is 29.4 Å². The van der Waals surface area contributed by atoms with Crippen LogP contribution in [0.4, 0.5) is 5.69 Å². The molecule has 0 radical (unpaired) electrons. The van der Waals surface area contributed by atoms with Crippen molar-refractivity contribution in [3.8, 4) is 5.88 Å². The van der Waals surface area contributed by atoms with E-state index in [0.717, 1.165) is 5.39 Å². The van der Waals surface area contributed by atoms with Crippen molar-refractivity contribution in [2.75, 3.05) is 12.4 Å². The number of rotatable bonds is 4. The number of aliphatic carboxylic acids is 1. The maximum Gasteiger partial charge on any atom is 0.319 e. The maximum atomic E-state index is 12.9. The molecule has 0 spiro atoms. The van der Waals surface area contributed by atoms with Crippen LogP contribution in [0.15, 0.2) is 30.3 Å². The van der Waals surface area contributed by atoms with Crippen molar-refractivity contribution < 1.29 is 24.5 Å². The van der Waals surface area contributed by atoms with Crippen molar-refractivity contribution in [2.45, 2.75) is 31.4 Å². The van der Waals surface area contributed by atoms with Gasteiger partial charge in [0, 0.05) is 17.5 Å². The fraction of sp³-hybridized carbons (Fsp3) is 0.389. The Morgan fingerprint density at radius 1 is 1.35 bits per heavy atom. The number of aliphatic hydroxyl groups is 1. The van der Waals surface area contributed by atoms with Crippen LogP contribution in [0, 0.1) is 5.41 Å². The first-order chi connectivity index (χ1) is 12.4. The Morgan fingerprint density at radius 2 is 2.12 bits per heavy atom. The highest BCUT2D eigenvalue weighted by atomic mass is 16.5. The summed E-state index contributed by atoms with van der Waals surface area (Å²) in [6.07, 6.45) is -0.955. The molecule has 5 N–H and O–H groups in total. The van der Waals surface area contributed by atoms with E-state index in [1.807, 2.05) is 6.07 Å². The first kappa shape index (κ1) is 18.1. The van der Waals surface area contributed by atoms with Gasteiger partial charge in [-0.15, -0.1) is 0 Å². The Morgan fingerprint density at radius 3 is 2.77 bits per heavy atom. The van der Waals surface area contributed by atoms with E-state index in [1.165, 1.54) is 7.11 Å². The van der Waals surface area contributed by atoms with Gasteiger partial charge in [-0.2, -0.15) is 0 Å². The fourth-order valence-corrected chi connectivity index (χ4v) is 3.30. The van der Waals surface area contributed by atoms with Crippen LogP contribution in [0.5, 0.6) is 5.88 Å². The highest BCUT2D eigenvalue weighted by Crippen LogP contribution is 2.38. The third-order valence-corrected chi connectivity index (χ3v) is 4.95. The number of carboxylic acid groups (broad SMARTS) is 1. The molecule has 8 heteroatoms. The van der Waals surface area contributed by atoms with E-state index in [0.29, 0.717) is 17.1 Å². The van der Waals surface area contributed by atoms with E-state index in [4.69, 9.17) is 10.5 Å². The van der Waals surface area contributed by atoms with Gasteiger partial charge in [-0.1, -0.05) is 12.1 Å². The SMILES string of the molecule is COc1ccc2cccc(NC(=O)[C@@]3(C(=O)O)CC[C@@H](N)[C@H](O)C3)c2n1. The second kappa shape index (κ2) is 6.89. The molecule has 0 bridgehead atoms. The Balaban J connectivity index is 1.96. The Bertz CT molecular complexity index is 856. The summed E-state index contributed by atoms with van der Waals surface area (Å²) in [6, 6.07) is 8.18. The molecule has 3 rings (SSSR count). The summed E-state index contributed by atoms with van der Waals surface area (Å²) in [5.41, 5.74) is 4.91. The number of fused-ring (bicyclic) bond motifs is 1. The minimum Gasteiger partial charge on any atom is -0.481 e. The van der Waals surface area contributed by atoms with E-state index in [2.05, 4.69) is 10.3 Å². The summed E-state index contributed by atoms with van der Waals surface area (Å²) in [4.78, 5) is 29.1. The van der Waals surface area contributed by atoms with Gasteiger partial charge in [-0.3, -0.25) is 9.59 Å². The summed E-state index contributed by atoms with van der Waals surface area (Å²) in [7, 11) is 1.49. The predicted octanol–water partition coefficient (Wildman–Crippen LogP) is 1.12. The van der Waals surface area contributed by atoms with Crippen LogP contribution < -0.4 is 15.8 Å². The zero-order valence-corrected chi connectivity index (χ0v) is 14.3. The van der Waals surface area contributed by atoms with Crippen LogP contribution in [0.2, 0.25) is 0 Å². The molecule has 1 heterocycles. The number of carbonyl (C=O) groups is 2. The molecule has 0 saturated heterocycles. The molecule has 2 aromatic rings. The lowest BCUT2D eigenvalue weighted by Crippen LogP contribution is -2.53. The van der Waals surface area contributed by atoms with Gasteiger partial charge in [0.1, 0.15) is 5.41 Å². The zero-order valence-electron chi connectivity index (χ0n) is 14.3. The normalized spacial score (nSPS) is 25.7. The molecule has 1 amide bonds. The smallest absolute Gasteiger partial charge is 0.319 e. The molecule has 1 aliphatic rings.